The largest absolute Gasteiger partial charge is 0.479 e. The molecule has 5 nitrogen and oxygen atoms in total. The highest BCUT2D eigenvalue weighted by Gasteiger charge is 2.48. The van der Waals surface area contributed by atoms with Gasteiger partial charge in [0, 0.05) is 19.5 Å². The van der Waals surface area contributed by atoms with Crippen molar-refractivity contribution in [2.75, 3.05) is 20.1 Å². The molecular weight excluding hydrogens is 184 g/mol. The molecule has 5 heteroatoms. The van der Waals surface area contributed by atoms with Gasteiger partial charge in [-0.25, -0.2) is 4.79 Å². The average Bonchev–Trinajstić information content (AvgIpc) is 2.17. The van der Waals surface area contributed by atoms with Gasteiger partial charge in [-0.15, -0.1) is 0 Å². The minimum absolute atomic E-state index is 0.0797. The van der Waals surface area contributed by atoms with Gasteiger partial charge < -0.3 is 15.3 Å². The van der Waals surface area contributed by atoms with Gasteiger partial charge in [-0.05, 0) is 13.0 Å². The molecule has 1 aliphatic heterocycles. The van der Waals surface area contributed by atoms with E-state index in [-0.39, 0.29) is 5.92 Å². The lowest BCUT2D eigenvalue weighted by Crippen LogP contribution is -2.62. The van der Waals surface area contributed by atoms with Crippen LogP contribution in [0.1, 0.15) is 13.3 Å². The summed E-state index contributed by atoms with van der Waals surface area (Å²) in [7, 11) is 1.53. The molecule has 0 aromatic carbocycles. The van der Waals surface area contributed by atoms with Crippen molar-refractivity contribution in [1.29, 1.82) is 0 Å². The third kappa shape index (κ3) is 1.48. The number of carboxylic acid groups (broad SMARTS) is 1. The molecule has 0 saturated carbocycles. The fraction of sp³-hybridized carbons (Fsp3) is 0.778. The fourth-order valence-corrected chi connectivity index (χ4v) is 2.10. The molecule has 14 heavy (non-hydrogen) atoms. The number of carbonyl (C=O) groups excluding carboxylic acids is 1. The molecule has 1 saturated heterocycles. The van der Waals surface area contributed by atoms with Crippen LogP contribution in [-0.2, 0) is 9.59 Å². The summed E-state index contributed by atoms with van der Waals surface area (Å²) in [6.45, 7) is 3.11. The summed E-state index contributed by atoms with van der Waals surface area (Å²) in [5.74, 6) is -0.995. The van der Waals surface area contributed by atoms with Gasteiger partial charge >= 0.3 is 5.97 Å². The molecule has 1 fully saturated rings. The van der Waals surface area contributed by atoms with Gasteiger partial charge in [-0.1, -0.05) is 6.92 Å². The maximum absolute atomic E-state index is 11.3. The predicted octanol–water partition coefficient (Wildman–Crippen LogP) is -0.473. The first kappa shape index (κ1) is 11.0. The molecule has 0 aromatic rings. The van der Waals surface area contributed by atoms with Crippen molar-refractivity contribution in [3.05, 3.63) is 0 Å². The van der Waals surface area contributed by atoms with E-state index in [0.29, 0.717) is 25.9 Å². The lowest BCUT2D eigenvalue weighted by Gasteiger charge is -2.43. The Balaban J connectivity index is 3.00. The van der Waals surface area contributed by atoms with Crippen LogP contribution < -0.4 is 5.32 Å². The zero-order valence-electron chi connectivity index (χ0n) is 8.49. The van der Waals surface area contributed by atoms with E-state index in [1.165, 1.54) is 11.9 Å². The monoisotopic (exact) mass is 200 g/mol. The molecular formula is C9H16N2O3. The van der Waals surface area contributed by atoms with E-state index >= 15 is 0 Å². The minimum Gasteiger partial charge on any atom is -0.479 e. The Morgan fingerprint density at radius 1 is 1.71 bits per heavy atom. The first-order valence-corrected chi connectivity index (χ1v) is 4.68. The van der Waals surface area contributed by atoms with Gasteiger partial charge in [0.05, 0.1) is 0 Å². The third-order valence-electron chi connectivity index (χ3n) is 3.11. The van der Waals surface area contributed by atoms with Crippen LogP contribution in [0.15, 0.2) is 0 Å². The Hall–Kier alpha value is -1.10. The summed E-state index contributed by atoms with van der Waals surface area (Å²) in [4.78, 5) is 23.2. The van der Waals surface area contributed by atoms with Crippen molar-refractivity contribution in [3.8, 4) is 0 Å². The number of carbonyl (C=O) groups is 2. The Morgan fingerprint density at radius 2 is 2.36 bits per heavy atom. The summed E-state index contributed by atoms with van der Waals surface area (Å²) in [6, 6.07) is 0. The molecule has 1 rings (SSSR count). The molecule has 2 atom stereocenters. The van der Waals surface area contributed by atoms with E-state index in [1.54, 1.807) is 0 Å². The van der Waals surface area contributed by atoms with E-state index < -0.39 is 11.5 Å². The van der Waals surface area contributed by atoms with Crippen LogP contribution in [0.4, 0.5) is 0 Å². The van der Waals surface area contributed by atoms with Crippen LogP contribution in [0, 0.1) is 5.92 Å². The first-order valence-electron chi connectivity index (χ1n) is 4.68. The number of carboxylic acids is 1. The number of nitrogens with zero attached hydrogens (tertiary/aromatic N) is 1. The number of nitrogens with one attached hydrogen (secondary N) is 1. The topological polar surface area (TPSA) is 69.6 Å². The summed E-state index contributed by atoms with van der Waals surface area (Å²) >= 11 is 0. The van der Waals surface area contributed by atoms with Crippen LogP contribution in [0.5, 0.6) is 0 Å². The van der Waals surface area contributed by atoms with Crippen molar-refractivity contribution < 1.29 is 14.7 Å². The summed E-state index contributed by atoms with van der Waals surface area (Å²) < 4.78 is 0. The molecule has 0 bridgehead atoms. The molecule has 2 N–H and O–H groups in total. The zero-order valence-corrected chi connectivity index (χ0v) is 8.49. The molecule has 0 aliphatic carbocycles. The Bertz CT molecular complexity index is 244. The summed E-state index contributed by atoms with van der Waals surface area (Å²) in [6.07, 6.45) is 1.05. The van der Waals surface area contributed by atoms with E-state index in [4.69, 9.17) is 0 Å². The van der Waals surface area contributed by atoms with Gasteiger partial charge in [-0.2, -0.15) is 0 Å². The lowest BCUT2D eigenvalue weighted by molar-refractivity contribution is -0.159. The van der Waals surface area contributed by atoms with E-state index in [2.05, 4.69) is 5.32 Å². The van der Waals surface area contributed by atoms with Crippen molar-refractivity contribution in [3.63, 3.8) is 0 Å². The van der Waals surface area contributed by atoms with Crippen molar-refractivity contribution >= 4 is 12.4 Å². The number of likely N-dealkylation sites (N-methyl/N-ethyl adjacent to an activating group) is 1. The number of piperidine rings is 1. The number of aliphatic carboxylic acids is 1. The normalized spacial score (nSPS) is 32.3. The van der Waals surface area contributed by atoms with Gasteiger partial charge in [0.25, 0.3) is 0 Å². The van der Waals surface area contributed by atoms with Gasteiger partial charge in [0.1, 0.15) is 5.54 Å². The second-order valence-corrected chi connectivity index (χ2v) is 3.80. The Morgan fingerprint density at radius 3 is 2.79 bits per heavy atom. The smallest absolute Gasteiger partial charge is 0.329 e. The SMILES string of the molecule is CC1CNCCC1(C(=O)O)N(C)C=O. The van der Waals surface area contributed by atoms with Crippen LogP contribution in [0.2, 0.25) is 0 Å². The fourth-order valence-electron chi connectivity index (χ4n) is 2.10. The molecule has 0 radical (unpaired) electrons. The van der Waals surface area contributed by atoms with Crippen molar-refractivity contribution in [1.82, 2.24) is 10.2 Å². The van der Waals surface area contributed by atoms with Gasteiger partial charge in [0.15, 0.2) is 0 Å². The Labute approximate surface area is 83.1 Å². The van der Waals surface area contributed by atoms with E-state index in [0.717, 1.165) is 0 Å². The van der Waals surface area contributed by atoms with E-state index in [1.807, 2.05) is 6.92 Å². The van der Waals surface area contributed by atoms with Gasteiger partial charge in [0.2, 0.25) is 6.41 Å². The van der Waals surface area contributed by atoms with E-state index in [9.17, 15) is 14.7 Å². The molecule has 2 unspecified atom stereocenters. The van der Waals surface area contributed by atoms with Crippen LogP contribution in [0.3, 0.4) is 0 Å². The number of rotatable bonds is 3. The molecule has 1 heterocycles. The first-order chi connectivity index (χ1) is 6.55. The highest BCUT2D eigenvalue weighted by atomic mass is 16.4. The molecule has 0 spiro atoms. The number of hydrogen-bond acceptors (Lipinski definition) is 3. The average molecular weight is 200 g/mol. The summed E-state index contributed by atoms with van der Waals surface area (Å²) in [5, 5.41) is 12.3. The lowest BCUT2D eigenvalue weighted by atomic mass is 9.78. The standard InChI is InChI=1S/C9H16N2O3/c1-7-5-10-4-3-9(7,8(13)14)11(2)6-12/h6-7,10H,3-5H2,1-2H3,(H,13,14). The van der Waals surface area contributed by atoms with Crippen LogP contribution in [0.25, 0.3) is 0 Å². The maximum Gasteiger partial charge on any atom is 0.329 e. The second kappa shape index (κ2) is 3.96. The quantitative estimate of drug-likeness (QED) is 0.604. The maximum atomic E-state index is 11.3. The number of hydrogen-bond donors (Lipinski definition) is 2. The zero-order chi connectivity index (χ0) is 10.8. The van der Waals surface area contributed by atoms with Crippen LogP contribution >= 0.6 is 0 Å². The second-order valence-electron chi connectivity index (χ2n) is 3.80. The van der Waals surface area contributed by atoms with Crippen molar-refractivity contribution in [2.45, 2.75) is 18.9 Å². The molecule has 1 amide bonds. The molecule has 0 aromatic heterocycles. The third-order valence-corrected chi connectivity index (χ3v) is 3.11. The van der Waals surface area contributed by atoms with Gasteiger partial charge in [-0.3, -0.25) is 4.79 Å². The minimum atomic E-state index is -1.03. The van der Waals surface area contributed by atoms with Crippen molar-refractivity contribution in [2.24, 2.45) is 5.92 Å². The highest BCUT2D eigenvalue weighted by Crippen LogP contribution is 2.29. The summed E-state index contributed by atoms with van der Waals surface area (Å²) in [5.41, 5.74) is -1.03. The Kier molecular flexibility index (Phi) is 3.10. The molecule has 1 aliphatic rings. The van der Waals surface area contributed by atoms with Crippen LogP contribution in [-0.4, -0.2) is 48.1 Å². The number of amides is 1. The highest BCUT2D eigenvalue weighted by molar-refractivity contribution is 5.82. The predicted molar refractivity (Wildman–Crippen MR) is 50.8 cm³/mol. The molecule has 80 valence electrons.